The fourth-order valence-corrected chi connectivity index (χ4v) is 5.25. The number of carbonyl (C=O) groups is 3. The number of amides is 3. The van der Waals surface area contributed by atoms with E-state index in [-0.39, 0.29) is 22.9 Å². The quantitative estimate of drug-likeness (QED) is 0.566. The fraction of sp³-hybridized carbons (Fsp3) is 0.375. The molecule has 1 aliphatic heterocycles. The van der Waals surface area contributed by atoms with Crippen molar-refractivity contribution in [2.24, 2.45) is 0 Å². The maximum atomic E-state index is 13.3. The monoisotopic (exact) mass is 471 g/mol. The Bertz CT molecular complexity index is 1160. The number of benzene rings is 2. The van der Waals surface area contributed by atoms with Crippen molar-refractivity contribution in [1.29, 1.82) is 0 Å². The highest BCUT2D eigenvalue weighted by atomic mass is 32.2. The Labute approximate surface area is 194 Å². The number of hydrogen-bond acceptors (Lipinski definition) is 5. The molecule has 1 heterocycles. The molecule has 0 fully saturated rings. The van der Waals surface area contributed by atoms with Gasteiger partial charge in [0.05, 0.1) is 5.56 Å². The summed E-state index contributed by atoms with van der Waals surface area (Å²) >= 11 is 0. The second kappa shape index (κ2) is 10.2. The molecule has 3 rings (SSSR count). The molecule has 1 atom stereocenters. The van der Waals surface area contributed by atoms with Gasteiger partial charge < -0.3 is 10.2 Å². The molecule has 176 valence electrons. The third-order valence-electron chi connectivity index (χ3n) is 5.62. The van der Waals surface area contributed by atoms with E-state index < -0.39 is 34.4 Å². The Kier molecular flexibility index (Phi) is 7.53. The van der Waals surface area contributed by atoms with E-state index in [0.717, 1.165) is 24.0 Å². The third kappa shape index (κ3) is 5.24. The van der Waals surface area contributed by atoms with E-state index in [1.165, 1.54) is 23.1 Å². The maximum absolute atomic E-state index is 13.3. The lowest BCUT2D eigenvalue weighted by molar-refractivity contribution is -0.140. The minimum atomic E-state index is -4.13. The van der Waals surface area contributed by atoms with E-state index in [1.807, 2.05) is 38.1 Å². The number of unbranched alkanes of at least 4 members (excludes halogenated alkanes) is 1. The molecule has 3 amide bonds. The van der Waals surface area contributed by atoms with Gasteiger partial charge in [-0.05, 0) is 38.0 Å². The molecule has 0 aromatic heterocycles. The predicted octanol–water partition coefficient (Wildman–Crippen LogP) is 2.47. The number of nitrogens with one attached hydrogen (secondary N) is 1. The van der Waals surface area contributed by atoms with Gasteiger partial charge >= 0.3 is 0 Å². The van der Waals surface area contributed by atoms with Crippen LogP contribution in [0, 0.1) is 6.92 Å². The molecule has 0 spiro atoms. The van der Waals surface area contributed by atoms with Crippen molar-refractivity contribution in [3.05, 3.63) is 65.2 Å². The largest absolute Gasteiger partial charge is 0.354 e. The number of nitrogens with zero attached hydrogens (tertiary/aromatic N) is 2. The average molecular weight is 472 g/mol. The number of sulfonamides is 1. The lowest BCUT2D eigenvalue weighted by Gasteiger charge is -2.30. The van der Waals surface area contributed by atoms with Gasteiger partial charge in [0.1, 0.15) is 17.5 Å². The van der Waals surface area contributed by atoms with Crippen molar-refractivity contribution in [1.82, 2.24) is 14.5 Å². The Morgan fingerprint density at radius 2 is 1.85 bits per heavy atom. The Hall–Kier alpha value is -3.20. The van der Waals surface area contributed by atoms with E-state index in [2.05, 4.69) is 5.32 Å². The minimum Gasteiger partial charge on any atom is -0.354 e. The van der Waals surface area contributed by atoms with Crippen molar-refractivity contribution in [3.63, 3.8) is 0 Å². The van der Waals surface area contributed by atoms with E-state index >= 15 is 0 Å². The van der Waals surface area contributed by atoms with E-state index in [9.17, 15) is 22.8 Å². The first-order chi connectivity index (χ1) is 15.7. The van der Waals surface area contributed by atoms with Gasteiger partial charge in [0, 0.05) is 13.1 Å². The topological polar surface area (TPSA) is 104 Å². The SMILES string of the molecule is CCCCNC(=O)[C@@H](C)N(Cc1cccc(C)c1)C(=O)CN1C(=O)c2ccccc2S1(=O)=O. The predicted molar refractivity (Wildman–Crippen MR) is 124 cm³/mol. The summed E-state index contributed by atoms with van der Waals surface area (Å²) in [6, 6.07) is 12.5. The lowest BCUT2D eigenvalue weighted by Crippen LogP contribution is -2.51. The molecular weight excluding hydrogens is 442 g/mol. The molecule has 8 nitrogen and oxygen atoms in total. The molecule has 1 aliphatic rings. The minimum absolute atomic E-state index is 0.0425. The molecule has 2 aromatic rings. The Balaban J connectivity index is 1.86. The van der Waals surface area contributed by atoms with Crippen LogP contribution in [0.3, 0.4) is 0 Å². The van der Waals surface area contributed by atoms with Crippen molar-refractivity contribution in [2.75, 3.05) is 13.1 Å². The Morgan fingerprint density at radius 1 is 1.12 bits per heavy atom. The number of carbonyl (C=O) groups excluding carboxylic acids is 3. The number of hydrogen-bond donors (Lipinski definition) is 1. The molecule has 0 saturated heterocycles. The molecule has 1 N–H and O–H groups in total. The van der Waals surface area contributed by atoms with Gasteiger partial charge in [0.2, 0.25) is 11.8 Å². The molecule has 0 unspecified atom stereocenters. The number of aryl methyl sites for hydroxylation is 1. The third-order valence-corrected chi connectivity index (χ3v) is 7.41. The van der Waals surface area contributed by atoms with Gasteiger partial charge in [0.25, 0.3) is 15.9 Å². The summed E-state index contributed by atoms with van der Waals surface area (Å²) in [4.78, 5) is 40.0. The molecule has 0 bridgehead atoms. The summed E-state index contributed by atoms with van der Waals surface area (Å²) in [7, 11) is -4.13. The van der Waals surface area contributed by atoms with Crippen LogP contribution >= 0.6 is 0 Å². The van der Waals surface area contributed by atoms with Crippen LogP contribution < -0.4 is 5.32 Å². The zero-order valence-corrected chi connectivity index (χ0v) is 19.9. The molecule has 33 heavy (non-hydrogen) atoms. The first-order valence-electron chi connectivity index (χ1n) is 11.0. The zero-order chi connectivity index (χ0) is 24.2. The first-order valence-corrected chi connectivity index (χ1v) is 12.4. The maximum Gasteiger partial charge on any atom is 0.269 e. The molecule has 0 saturated carbocycles. The van der Waals surface area contributed by atoms with E-state index in [0.29, 0.717) is 10.8 Å². The first kappa shape index (κ1) is 24.4. The summed E-state index contributed by atoms with van der Waals surface area (Å²) in [5, 5.41) is 2.82. The normalized spacial score (nSPS) is 15.1. The van der Waals surface area contributed by atoms with Gasteiger partial charge in [-0.1, -0.05) is 55.3 Å². The Morgan fingerprint density at radius 3 is 2.52 bits per heavy atom. The van der Waals surface area contributed by atoms with Gasteiger partial charge in [-0.25, -0.2) is 12.7 Å². The second-order valence-electron chi connectivity index (χ2n) is 8.14. The van der Waals surface area contributed by atoms with Crippen LogP contribution in [0.1, 0.15) is 48.2 Å². The smallest absolute Gasteiger partial charge is 0.269 e. The summed E-state index contributed by atoms with van der Waals surface area (Å²) < 4.78 is 26.4. The van der Waals surface area contributed by atoms with Crippen LogP contribution in [-0.4, -0.2) is 54.5 Å². The molecule has 2 aromatic carbocycles. The van der Waals surface area contributed by atoms with Gasteiger partial charge in [0.15, 0.2) is 0 Å². The van der Waals surface area contributed by atoms with Gasteiger partial charge in [-0.15, -0.1) is 0 Å². The highest BCUT2D eigenvalue weighted by Crippen LogP contribution is 2.30. The van der Waals surface area contributed by atoms with Crippen molar-refractivity contribution >= 4 is 27.7 Å². The summed E-state index contributed by atoms with van der Waals surface area (Å²) in [5.41, 5.74) is 1.84. The van der Waals surface area contributed by atoms with Gasteiger partial charge in [-0.2, -0.15) is 0 Å². The lowest BCUT2D eigenvalue weighted by atomic mass is 10.1. The van der Waals surface area contributed by atoms with Crippen molar-refractivity contribution < 1.29 is 22.8 Å². The molecule has 0 radical (unpaired) electrons. The summed E-state index contributed by atoms with van der Waals surface area (Å²) in [5.74, 6) is -1.70. The summed E-state index contributed by atoms with van der Waals surface area (Å²) in [6.07, 6.45) is 1.72. The van der Waals surface area contributed by atoms with Crippen molar-refractivity contribution in [3.8, 4) is 0 Å². The van der Waals surface area contributed by atoms with Crippen LogP contribution in [0.4, 0.5) is 0 Å². The number of fused-ring (bicyclic) bond motifs is 1. The van der Waals surface area contributed by atoms with Crippen LogP contribution in [0.25, 0.3) is 0 Å². The van der Waals surface area contributed by atoms with Crippen molar-refractivity contribution in [2.45, 2.75) is 51.1 Å². The second-order valence-corrected chi connectivity index (χ2v) is 9.97. The van der Waals surface area contributed by atoms with Crippen LogP contribution in [0.2, 0.25) is 0 Å². The standard InChI is InChI=1S/C24H29N3O5S/c1-4-5-13-25-23(29)18(3)26(15-19-10-8-9-17(2)14-19)22(28)16-27-24(30)20-11-6-7-12-21(20)33(27,31)32/h6-12,14,18H,4-5,13,15-16H2,1-3H3,(H,25,29)/t18-/m1/s1. The van der Waals surface area contributed by atoms with Crippen LogP contribution in [0.15, 0.2) is 53.4 Å². The molecule has 9 heteroatoms. The van der Waals surface area contributed by atoms with E-state index in [4.69, 9.17) is 0 Å². The fourth-order valence-electron chi connectivity index (χ4n) is 3.73. The number of rotatable bonds is 9. The average Bonchev–Trinajstić information content (AvgIpc) is 2.98. The highest BCUT2D eigenvalue weighted by Gasteiger charge is 2.43. The highest BCUT2D eigenvalue weighted by molar-refractivity contribution is 7.90. The van der Waals surface area contributed by atoms with Gasteiger partial charge in [-0.3, -0.25) is 14.4 Å². The molecular formula is C24H29N3O5S. The van der Waals surface area contributed by atoms with Crippen LogP contribution in [0.5, 0.6) is 0 Å². The zero-order valence-electron chi connectivity index (χ0n) is 19.1. The summed E-state index contributed by atoms with van der Waals surface area (Å²) in [6.45, 7) is 5.45. The molecule has 0 aliphatic carbocycles. The van der Waals surface area contributed by atoms with Crippen LogP contribution in [-0.2, 0) is 26.2 Å². The van der Waals surface area contributed by atoms with E-state index in [1.54, 1.807) is 13.0 Å².